The minimum absolute atomic E-state index is 0.242. The lowest BCUT2D eigenvalue weighted by molar-refractivity contribution is -0.134. The minimum Gasteiger partial charge on any atom is -0.494 e. The first kappa shape index (κ1) is 22.8. The Morgan fingerprint density at radius 2 is 1.84 bits per heavy atom. The average Bonchev–Trinajstić information content (AvgIpc) is 3.34. The van der Waals surface area contributed by atoms with Crippen LogP contribution in [0.25, 0.3) is 0 Å². The molecule has 0 spiro atoms. The summed E-state index contributed by atoms with van der Waals surface area (Å²) in [4.78, 5) is 29.9. The maximum Gasteiger partial charge on any atom is 0.227 e. The van der Waals surface area contributed by atoms with Crippen molar-refractivity contribution in [1.29, 1.82) is 0 Å². The molecule has 2 aliphatic rings. The third kappa shape index (κ3) is 6.33. The molecule has 0 unspecified atom stereocenters. The molecule has 1 aromatic heterocycles. The monoisotopic (exact) mass is 455 g/mol. The number of hydrogen-bond acceptors (Lipinski definition) is 5. The molecular formula is C25H33N3O3S. The van der Waals surface area contributed by atoms with Crippen LogP contribution in [0.2, 0.25) is 0 Å². The number of piperidine rings is 1. The Balaban J connectivity index is 1.21. The maximum absolute atomic E-state index is 12.8. The van der Waals surface area contributed by atoms with Gasteiger partial charge in [0, 0.05) is 51.7 Å². The van der Waals surface area contributed by atoms with Crippen molar-refractivity contribution in [3.63, 3.8) is 0 Å². The van der Waals surface area contributed by atoms with Crippen molar-refractivity contribution in [2.45, 2.75) is 44.7 Å². The van der Waals surface area contributed by atoms with Gasteiger partial charge in [0.05, 0.1) is 13.0 Å². The number of rotatable bonds is 9. The summed E-state index contributed by atoms with van der Waals surface area (Å²) >= 11 is 1.64. The number of thiophene rings is 1. The van der Waals surface area contributed by atoms with E-state index < -0.39 is 0 Å². The normalized spacial score (nSPS) is 19.7. The molecule has 0 bridgehead atoms. The maximum atomic E-state index is 12.8. The number of likely N-dealkylation sites (tertiary alicyclic amines) is 1. The van der Waals surface area contributed by atoms with Gasteiger partial charge in [-0.1, -0.05) is 12.1 Å². The summed E-state index contributed by atoms with van der Waals surface area (Å²) in [6, 6.07) is 10.6. The van der Waals surface area contributed by atoms with Crippen LogP contribution in [-0.2, 0) is 22.6 Å². The molecule has 3 heterocycles. The van der Waals surface area contributed by atoms with Crippen molar-refractivity contribution < 1.29 is 14.3 Å². The highest BCUT2D eigenvalue weighted by atomic mass is 32.1. The molecule has 0 N–H and O–H groups in total. The van der Waals surface area contributed by atoms with Crippen LogP contribution in [-0.4, -0.2) is 72.4 Å². The highest BCUT2D eigenvalue weighted by Gasteiger charge is 2.26. The Morgan fingerprint density at radius 3 is 2.56 bits per heavy atom. The fourth-order valence-electron chi connectivity index (χ4n) is 4.59. The molecule has 172 valence electrons. The van der Waals surface area contributed by atoms with Crippen LogP contribution in [0.4, 0.5) is 0 Å². The van der Waals surface area contributed by atoms with Gasteiger partial charge in [0.25, 0.3) is 0 Å². The third-order valence-corrected chi connectivity index (χ3v) is 7.22. The summed E-state index contributed by atoms with van der Waals surface area (Å²) in [5.74, 6) is 1.12. The summed E-state index contributed by atoms with van der Waals surface area (Å²) in [5, 5.41) is 4.10. The number of piperazine rings is 1. The van der Waals surface area contributed by atoms with Crippen molar-refractivity contribution in [1.82, 2.24) is 14.7 Å². The second-order valence-electron chi connectivity index (χ2n) is 8.74. The number of nitrogens with zero attached hydrogens (tertiary/aromatic N) is 3. The van der Waals surface area contributed by atoms with Crippen molar-refractivity contribution in [3.8, 4) is 5.75 Å². The van der Waals surface area contributed by atoms with E-state index in [2.05, 4.69) is 27.3 Å². The van der Waals surface area contributed by atoms with Gasteiger partial charge in [-0.15, -0.1) is 0 Å². The van der Waals surface area contributed by atoms with E-state index in [1.807, 2.05) is 28.5 Å². The Hall–Kier alpha value is -2.38. The Morgan fingerprint density at radius 1 is 1.03 bits per heavy atom. The van der Waals surface area contributed by atoms with Gasteiger partial charge in [-0.2, -0.15) is 11.3 Å². The number of amides is 2. The van der Waals surface area contributed by atoms with Gasteiger partial charge in [0.15, 0.2) is 0 Å². The zero-order chi connectivity index (χ0) is 22.2. The quantitative estimate of drug-likeness (QED) is 0.544. The van der Waals surface area contributed by atoms with Crippen molar-refractivity contribution >= 4 is 23.7 Å². The topological polar surface area (TPSA) is 53.1 Å². The molecule has 2 aliphatic heterocycles. The molecule has 1 atom stereocenters. The van der Waals surface area contributed by atoms with Crippen LogP contribution in [0.5, 0.6) is 5.75 Å². The second-order valence-corrected chi connectivity index (χ2v) is 9.52. The van der Waals surface area contributed by atoms with Gasteiger partial charge in [0.2, 0.25) is 12.3 Å². The van der Waals surface area contributed by atoms with E-state index in [0.29, 0.717) is 13.0 Å². The predicted molar refractivity (Wildman–Crippen MR) is 127 cm³/mol. The van der Waals surface area contributed by atoms with E-state index in [1.165, 1.54) is 12.0 Å². The van der Waals surface area contributed by atoms with Crippen molar-refractivity contribution in [2.75, 3.05) is 39.3 Å². The SMILES string of the molecule is O=CN1CCN(Cc2ccc(OCC[C@H]3CCCCN3C(=O)Cc3ccsc3)cc2)CC1. The number of ether oxygens (including phenoxy) is 1. The Kier molecular flexibility index (Phi) is 8.18. The molecule has 7 heteroatoms. The van der Waals surface area contributed by atoms with Crippen LogP contribution >= 0.6 is 11.3 Å². The molecule has 0 saturated carbocycles. The lowest BCUT2D eigenvalue weighted by Crippen LogP contribution is -2.45. The number of benzene rings is 1. The zero-order valence-electron chi connectivity index (χ0n) is 18.7. The number of hydrogen-bond donors (Lipinski definition) is 0. The number of carbonyl (C=O) groups is 2. The fourth-order valence-corrected chi connectivity index (χ4v) is 5.26. The van der Waals surface area contributed by atoms with E-state index in [9.17, 15) is 9.59 Å². The summed E-state index contributed by atoms with van der Waals surface area (Å²) in [6.07, 6.45) is 5.66. The summed E-state index contributed by atoms with van der Waals surface area (Å²) < 4.78 is 6.02. The van der Waals surface area contributed by atoms with Gasteiger partial charge in [-0.3, -0.25) is 14.5 Å². The van der Waals surface area contributed by atoms with Crippen LogP contribution in [0.15, 0.2) is 41.1 Å². The highest BCUT2D eigenvalue weighted by molar-refractivity contribution is 7.08. The average molecular weight is 456 g/mol. The Labute approximate surface area is 194 Å². The summed E-state index contributed by atoms with van der Waals surface area (Å²) in [7, 11) is 0. The highest BCUT2D eigenvalue weighted by Crippen LogP contribution is 2.22. The van der Waals surface area contributed by atoms with Crippen molar-refractivity contribution in [3.05, 3.63) is 52.2 Å². The van der Waals surface area contributed by atoms with E-state index in [4.69, 9.17) is 4.74 Å². The summed E-state index contributed by atoms with van der Waals surface area (Å²) in [5.41, 5.74) is 2.38. The molecule has 1 aromatic carbocycles. The molecule has 0 aliphatic carbocycles. The van der Waals surface area contributed by atoms with Crippen LogP contribution in [0, 0.1) is 0 Å². The molecule has 2 fully saturated rings. The minimum atomic E-state index is 0.242. The van der Waals surface area contributed by atoms with Gasteiger partial charge in [0.1, 0.15) is 5.75 Å². The van der Waals surface area contributed by atoms with E-state index in [-0.39, 0.29) is 11.9 Å². The molecule has 4 rings (SSSR count). The molecule has 2 saturated heterocycles. The van der Waals surface area contributed by atoms with Gasteiger partial charge in [-0.05, 0) is 59.3 Å². The molecular weight excluding hydrogens is 422 g/mol. The lowest BCUT2D eigenvalue weighted by Gasteiger charge is -2.36. The van der Waals surface area contributed by atoms with Gasteiger partial charge < -0.3 is 14.5 Å². The molecule has 32 heavy (non-hydrogen) atoms. The van der Waals surface area contributed by atoms with E-state index in [0.717, 1.165) is 76.3 Å². The third-order valence-electron chi connectivity index (χ3n) is 6.49. The molecule has 2 amide bonds. The van der Waals surface area contributed by atoms with Crippen LogP contribution in [0.3, 0.4) is 0 Å². The summed E-state index contributed by atoms with van der Waals surface area (Å²) in [6.45, 7) is 5.83. The van der Waals surface area contributed by atoms with Gasteiger partial charge >= 0.3 is 0 Å². The Bertz CT molecular complexity index is 848. The predicted octanol–water partition coefficient (Wildman–Crippen LogP) is 3.41. The smallest absolute Gasteiger partial charge is 0.227 e. The van der Waals surface area contributed by atoms with Crippen LogP contribution < -0.4 is 4.74 Å². The molecule has 2 aromatic rings. The second kappa shape index (κ2) is 11.5. The van der Waals surface area contributed by atoms with Gasteiger partial charge in [-0.25, -0.2) is 0 Å². The number of carbonyl (C=O) groups excluding carboxylic acids is 2. The first-order valence-corrected chi connectivity index (χ1v) is 12.6. The van der Waals surface area contributed by atoms with Crippen molar-refractivity contribution in [2.24, 2.45) is 0 Å². The molecule has 0 radical (unpaired) electrons. The fraction of sp³-hybridized carbons (Fsp3) is 0.520. The lowest BCUT2D eigenvalue weighted by atomic mass is 9.98. The standard InChI is InChI=1S/C25H33N3O3S/c29-20-27-13-11-26(12-14-27)18-21-4-6-24(7-5-21)31-15-8-23-3-1-2-10-28(23)25(30)17-22-9-16-32-19-22/h4-7,9,16,19-20,23H,1-3,8,10-15,17-18H2/t23-/m1/s1. The zero-order valence-corrected chi connectivity index (χ0v) is 19.5. The largest absolute Gasteiger partial charge is 0.494 e. The first-order chi connectivity index (χ1) is 15.7. The van der Waals surface area contributed by atoms with E-state index >= 15 is 0 Å². The molecule has 6 nitrogen and oxygen atoms in total. The van der Waals surface area contributed by atoms with Crippen LogP contribution in [0.1, 0.15) is 36.8 Å². The van der Waals surface area contributed by atoms with E-state index in [1.54, 1.807) is 11.3 Å². The first-order valence-electron chi connectivity index (χ1n) is 11.7.